The number of rotatable bonds is 6. The quantitative estimate of drug-likeness (QED) is 0.484. The lowest BCUT2D eigenvalue weighted by atomic mass is 10.3. The highest BCUT2D eigenvalue weighted by atomic mass is 35.5. The second kappa shape index (κ2) is 7.92. The first-order valence-electron chi connectivity index (χ1n) is 8.79. The third kappa shape index (κ3) is 4.22. The molecule has 7 nitrogen and oxygen atoms in total. The summed E-state index contributed by atoms with van der Waals surface area (Å²) >= 11 is 5.73. The maximum Gasteiger partial charge on any atom is 0.274 e. The maximum absolute atomic E-state index is 13.2. The highest BCUT2D eigenvalue weighted by molar-refractivity contribution is 6.30. The smallest absolute Gasteiger partial charge is 0.274 e. The molecule has 1 aromatic carbocycles. The Hall–Kier alpha value is -3.39. The predicted octanol–water partition coefficient (Wildman–Crippen LogP) is 3.63. The van der Waals surface area contributed by atoms with Crippen molar-refractivity contribution in [3.05, 3.63) is 83.3 Å². The second-order valence-corrected chi connectivity index (χ2v) is 6.86. The van der Waals surface area contributed by atoms with E-state index >= 15 is 0 Å². The van der Waals surface area contributed by atoms with E-state index in [1.807, 2.05) is 35.0 Å². The number of hydrogen-bond acceptors (Lipinski definition) is 4. The van der Waals surface area contributed by atoms with E-state index in [1.165, 1.54) is 22.9 Å². The van der Waals surface area contributed by atoms with Gasteiger partial charge in [0.05, 0.1) is 17.3 Å². The normalized spacial score (nSPS) is 11.0. The van der Waals surface area contributed by atoms with Gasteiger partial charge in [0.25, 0.3) is 5.91 Å². The number of fused-ring (bicyclic) bond motifs is 1. The van der Waals surface area contributed by atoms with E-state index in [2.05, 4.69) is 10.1 Å². The first-order valence-corrected chi connectivity index (χ1v) is 9.17. The van der Waals surface area contributed by atoms with Crippen LogP contribution in [0.1, 0.15) is 16.2 Å². The number of ether oxygens (including phenoxy) is 1. The summed E-state index contributed by atoms with van der Waals surface area (Å²) in [5, 5.41) is 4.22. The molecule has 4 rings (SSSR count). The van der Waals surface area contributed by atoms with Crippen LogP contribution in [0.4, 0.5) is 4.39 Å². The first-order chi connectivity index (χ1) is 14.0. The van der Waals surface area contributed by atoms with Gasteiger partial charge < -0.3 is 14.0 Å². The molecule has 3 heterocycles. The van der Waals surface area contributed by atoms with Gasteiger partial charge in [0, 0.05) is 31.7 Å². The molecule has 0 aliphatic carbocycles. The Morgan fingerprint density at radius 1 is 1.24 bits per heavy atom. The van der Waals surface area contributed by atoms with Gasteiger partial charge >= 0.3 is 0 Å². The fraction of sp³-hybridized carbons (Fsp3) is 0.150. The molecule has 0 unspecified atom stereocenters. The molecule has 29 heavy (non-hydrogen) atoms. The van der Waals surface area contributed by atoms with Crippen molar-refractivity contribution in [2.45, 2.75) is 13.3 Å². The van der Waals surface area contributed by atoms with E-state index in [0.29, 0.717) is 12.3 Å². The van der Waals surface area contributed by atoms with Gasteiger partial charge in [-0.25, -0.2) is 14.1 Å². The highest BCUT2D eigenvalue weighted by Crippen LogP contribution is 2.21. The second-order valence-electron chi connectivity index (χ2n) is 6.45. The van der Waals surface area contributed by atoms with Gasteiger partial charge in [-0.05, 0) is 30.3 Å². The van der Waals surface area contributed by atoms with Crippen LogP contribution in [-0.2, 0) is 13.3 Å². The Balaban J connectivity index is 1.38. The van der Waals surface area contributed by atoms with Crippen LogP contribution in [0.25, 0.3) is 5.65 Å². The van der Waals surface area contributed by atoms with Crippen LogP contribution in [0.15, 0.2) is 61.1 Å². The lowest BCUT2D eigenvalue weighted by Crippen LogP contribution is -2.27. The van der Waals surface area contributed by atoms with Crippen LogP contribution in [0.5, 0.6) is 5.75 Å². The lowest BCUT2D eigenvalue weighted by molar-refractivity contribution is 0.0775. The molecule has 0 aliphatic heterocycles. The molecule has 148 valence electrons. The van der Waals surface area contributed by atoms with Gasteiger partial charge in [-0.15, -0.1) is 0 Å². The summed E-state index contributed by atoms with van der Waals surface area (Å²) in [5.74, 6) is -0.339. The zero-order valence-corrected chi connectivity index (χ0v) is 16.3. The van der Waals surface area contributed by atoms with Crippen molar-refractivity contribution in [3.8, 4) is 5.75 Å². The third-order valence-corrected chi connectivity index (χ3v) is 4.56. The summed E-state index contributed by atoms with van der Waals surface area (Å²) in [6, 6.07) is 11.4. The summed E-state index contributed by atoms with van der Waals surface area (Å²) in [5.41, 5.74) is 1.89. The van der Waals surface area contributed by atoms with Gasteiger partial charge in [0.1, 0.15) is 17.2 Å². The molecule has 0 atom stereocenters. The zero-order valence-electron chi connectivity index (χ0n) is 15.5. The molecular formula is C20H17ClFN5O2. The maximum atomic E-state index is 13.2. The summed E-state index contributed by atoms with van der Waals surface area (Å²) in [4.78, 5) is 18.7. The van der Waals surface area contributed by atoms with E-state index < -0.39 is 5.82 Å². The number of benzene rings is 1. The van der Waals surface area contributed by atoms with E-state index in [-0.39, 0.29) is 23.4 Å². The molecule has 3 aromatic heterocycles. The van der Waals surface area contributed by atoms with Crippen LogP contribution < -0.4 is 4.74 Å². The van der Waals surface area contributed by atoms with Crippen molar-refractivity contribution < 1.29 is 13.9 Å². The Morgan fingerprint density at radius 2 is 2.10 bits per heavy atom. The van der Waals surface area contributed by atoms with Crippen molar-refractivity contribution in [3.63, 3.8) is 0 Å². The fourth-order valence-electron chi connectivity index (χ4n) is 2.83. The molecule has 0 aliphatic rings. The van der Waals surface area contributed by atoms with Crippen molar-refractivity contribution >= 4 is 23.2 Å². The van der Waals surface area contributed by atoms with Crippen molar-refractivity contribution in [1.82, 2.24) is 24.1 Å². The van der Waals surface area contributed by atoms with Crippen LogP contribution in [-0.4, -0.2) is 37.0 Å². The number of pyridine rings is 1. The number of aromatic nitrogens is 4. The van der Waals surface area contributed by atoms with Gasteiger partial charge in [-0.3, -0.25) is 4.79 Å². The summed E-state index contributed by atoms with van der Waals surface area (Å²) in [6.45, 7) is 0.420. The molecule has 0 spiro atoms. The molecule has 0 bridgehead atoms. The van der Waals surface area contributed by atoms with Crippen LogP contribution in [0.2, 0.25) is 5.02 Å². The third-order valence-electron chi connectivity index (χ3n) is 4.27. The topological polar surface area (TPSA) is 64.7 Å². The number of amides is 1. The molecule has 0 saturated heterocycles. The average Bonchev–Trinajstić information content (AvgIpc) is 3.34. The number of carbonyl (C=O) groups is 1. The van der Waals surface area contributed by atoms with Crippen LogP contribution >= 0.6 is 11.6 Å². The SMILES string of the molecule is CN(Cc1cn2ccccc2n1)C(=O)c1ccn(COc2ccc(F)c(Cl)c2)n1. The molecule has 0 N–H and O–H groups in total. The minimum atomic E-state index is -0.514. The fourth-order valence-corrected chi connectivity index (χ4v) is 3.00. The van der Waals surface area contributed by atoms with Crippen molar-refractivity contribution in [2.75, 3.05) is 7.05 Å². The molecule has 0 radical (unpaired) electrons. The number of halogens is 2. The highest BCUT2D eigenvalue weighted by Gasteiger charge is 2.16. The van der Waals surface area contributed by atoms with Gasteiger partial charge in [0.2, 0.25) is 0 Å². The van der Waals surface area contributed by atoms with Crippen molar-refractivity contribution in [1.29, 1.82) is 0 Å². The zero-order chi connectivity index (χ0) is 20.4. The molecular weight excluding hydrogens is 397 g/mol. The number of nitrogens with zero attached hydrogens (tertiary/aromatic N) is 5. The summed E-state index contributed by atoms with van der Waals surface area (Å²) in [6.07, 6.45) is 5.43. The van der Waals surface area contributed by atoms with E-state index in [1.54, 1.807) is 24.2 Å². The van der Waals surface area contributed by atoms with E-state index in [0.717, 1.165) is 11.3 Å². The van der Waals surface area contributed by atoms with E-state index in [9.17, 15) is 9.18 Å². The Bertz CT molecular complexity index is 1140. The standard InChI is InChI=1S/C20H17ClFN5O2/c1-25(11-14-12-26-8-3-2-4-19(26)23-14)20(28)18-7-9-27(24-18)13-29-15-5-6-17(22)16(21)10-15/h2-10,12H,11,13H2,1H3. The molecule has 1 amide bonds. The lowest BCUT2D eigenvalue weighted by Gasteiger charge is -2.14. The largest absolute Gasteiger partial charge is 0.471 e. The van der Waals surface area contributed by atoms with Gasteiger partial charge in [-0.1, -0.05) is 17.7 Å². The average molecular weight is 414 g/mol. The molecule has 0 saturated carbocycles. The van der Waals surface area contributed by atoms with Crippen LogP contribution in [0.3, 0.4) is 0 Å². The minimum Gasteiger partial charge on any atom is -0.471 e. The predicted molar refractivity (Wildman–Crippen MR) is 105 cm³/mol. The van der Waals surface area contributed by atoms with Crippen molar-refractivity contribution in [2.24, 2.45) is 0 Å². The molecule has 9 heteroatoms. The Morgan fingerprint density at radius 3 is 2.90 bits per heavy atom. The molecule has 0 fully saturated rings. The Kier molecular flexibility index (Phi) is 5.18. The van der Waals surface area contributed by atoms with Gasteiger partial charge in [-0.2, -0.15) is 5.10 Å². The molecule has 4 aromatic rings. The minimum absolute atomic E-state index is 0.0209. The monoisotopic (exact) mass is 413 g/mol. The summed E-state index contributed by atoms with van der Waals surface area (Å²) < 4.78 is 22.1. The summed E-state index contributed by atoms with van der Waals surface area (Å²) in [7, 11) is 1.70. The van der Waals surface area contributed by atoms with Gasteiger partial charge in [0.15, 0.2) is 12.4 Å². The van der Waals surface area contributed by atoms with E-state index in [4.69, 9.17) is 16.3 Å². The number of carbonyl (C=O) groups excluding carboxylic acids is 1. The number of imidazole rings is 1. The van der Waals surface area contributed by atoms with Crippen LogP contribution in [0, 0.1) is 5.82 Å². The Labute approximate surface area is 170 Å². The first kappa shape index (κ1) is 18.9. The number of hydrogen-bond donors (Lipinski definition) is 0.